The van der Waals surface area contributed by atoms with Gasteiger partial charge in [0.2, 0.25) is 5.91 Å². The number of ether oxygens (including phenoxy) is 1. The van der Waals surface area contributed by atoms with E-state index < -0.39 is 23.4 Å². The number of hydrogen-bond donors (Lipinski definition) is 2. The van der Waals surface area contributed by atoms with Crippen LogP contribution < -0.4 is 5.32 Å². The van der Waals surface area contributed by atoms with Gasteiger partial charge < -0.3 is 15.2 Å². The molecule has 19 heavy (non-hydrogen) atoms. The van der Waals surface area contributed by atoms with Crippen molar-refractivity contribution in [3.8, 4) is 0 Å². The molecule has 1 saturated heterocycles. The monoisotopic (exact) mass is 269 g/mol. The molecule has 1 amide bonds. The van der Waals surface area contributed by atoms with Crippen LogP contribution in [-0.2, 0) is 19.1 Å². The van der Waals surface area contributed by atoms with Crippen LogP contribution in [-0.4, -0.2) is 35.6 Å². The molecule has 0 aromatic heterocycles. The Morgan fingerprint density at radius 1 is 1.32 bits per heavy atom. The lowest BCUT2D eigenvalue weighted by atomic mass is 9.71. The van der Waals surface area contributed by atoms with Gasteiger partial charge in [-0.05, 0) is 12.8 Å². The number of carboxylic acids is 1. The van der Waals surface area contributed by atoms with Gasteiger partial charge in [-0.2, -0.15) is 0 Å². The Morgan fingerprint density at radius 2 is 2.00 bits per heavy atom. The first-order valence-electron chi connectivity index (χ1n) is 6.73. The smallest absolute Gasteiger partial charge is 0.328 e. The predicted molar refractivity (Wildman–Crippen MR) is 65.3 cm³/mol. The third-order valence-electron chi connectivity index (χ3n) is 4.03. The first-order valence-corrected chi connectivity index (χ1v) is 6.73. The highest BCUT2D eigenvalue weighted by molar-refractivity contribution is 5.88. The number of cyclic esters (lactones) is 1. The lowest BCUT2D eigenvalue weighted by Gasteiger charge is -2.32. The average Bonchev–Trinajstić information content (AvgIpc) is 2.76. The van der Waals surface area contributed by atoms with E-state index in [4.69, 9.17) is 4.74 Å². The Labute approximate surface area is 111 Å². The summed E-state index contributed by atoms with van der Waals surface area (Å²) in [4.78, 5) is 34.6. The third-order valence-corrected chi connectivity index (χ3v) is 4.03. The van der Waals surface area contributed by atoms with E-state index in [1.54, 1.807) is 0 Å². The average molecular weight is 269 g/mol. The van der Waals surface area contributed by atoms with Crippen molar-refractivity contribution in [2.75, 3.05) is 6.61 Å². The van der Waals surface area contributed by atoms with Gasteiger partial charge in [0.1, 0.15) is 6.04 Å². The Bertz CT molecular complexity index is 386. The predicted octanol–water partition coefficient (Wildman–Crippen LogP) is 0.843. The topological polar surface area (TPSA) is 92.7 Å². The molecule has 6 nitrogen and oxygen atoms in total. The molecule has 0 radical (unpaired) electrons. The zero-order valence-corrected chi connectivity index (χ0v) is 10.8. The molecule has 1 heterocycles. The molecule has 0 aromatic carbocycles. The SMILES string of the molecule is O=C(CC1(C(=O)O)CCCCC1)NC1CCOC1=O. The maximum atomic E-state index is 11.9. The van der Waals surface area contributed by atoms with Gasteiger partial charge in [0.15, 0.2) is 0 Å². The molecule has 2 fully saturated rings. The van der Waals surface area contributed by atoms with E-state index in [9.17, 15) is 19.5 Å². The highest BCUT2D eigenvalue weighted by Crippen LogP contribution is 2.39. The maximum absolute atomic E-state index is 11.9. The molecule has 0 spiro atoms. The fourth-order valence-electron chi connectivity index (χ4n) is 2.87. The minimum absolute atomic E-state index is 0.0495. The molecular formula is C13H19NO5. The molecule has 1 saturated carbocycles. The van der Waals surface area contributed by atoms with E-state index in [1.807, 2.05) is 0 Å². The van der Waals surface area contributed by atoms with Crippen molar-refractivity contribution in [1.29, 1.82) is 0 Å². The van der Waals surface area contributed by atoms with Crippen molar-refractivity contribution in [1.82, 2.24) is 5.32 Å². The maximum Gasteiger partial charge on any atom is 0.328 e. The number of rotatable bonds is 4. The van der Waals surface area contributed by atoms with E-state index >= 15 is 0 Å². The summed E-state index contributed by atoms with van der Waals surface area (Å²) in [5.74, 6) is -1.70. The molecule has 2 rings (SSSR count). The van der Waals surface area contributed by atoms with Crippen LogP contribution in [0.1, 0.15) is 44.9 Å². The van der Waals surface area contributed by atoms with E-state index in [1.165, 1.54) is 0 Å². The molecule has 1 aliphatic heterocycles. The Kier molecular flexibility index (Phi) is 4.07. The van der Waals surface area contributed by atoms with Gasteiger partial charge in [0.05, 0.1) is 12.0 Å². The number of carbonyl (C=O) groups is 3. The van der Waals surface area contributed by atoms with Crippen LogP contribution in [0.15, 0.2) is 0 Å². The molecule has 6 heteroatoms. The van der Waals surface area contributed by atoms with Crippen molar-refractivity contribution >= 4 is 17.8 Å². The first-order chi connectivity index (χ1) is 9.03. The summed E-state index contributed by atoms with van der Waals surface area (Å²) in [5.41, 5.74) is -0.954. The van der Waals surface area contributed by atoms with Crippen molar-refractivity contribution in [3.05, 3.63) is 0 Å². The molecule has 0 aromatic rings. The van der Waals surface area contributed by atoms with Crippen LogP contribution >= 0.6 is 0 Å². The minimum atomic E-state index is -0.954. The third kappa shape index (κ3) is 3.05. The summed E-state index contributed by atoms with van der Waals surface area (Å²) in [6, 6.07) is -0.609. The summed E-state index contributed by atoms with van der Waals surface area (Å²) in [6.07, 6.45) is 4.17. The molecule has 106 valence electrons. The van der Waals surface area contributed by atoms with Crippen LogP contribution in [0.2, 0.25) is 0 Å². The molecule has 0 bridgehead atoms. The normalized spacial score (nSPS) is 25.7. The summed E-state index contributed by atoms with van der Waals surface area (Å²) in [7, 11) is 0. The van der Waals surface area contributed by atoms with Crippen molar-refractivity contribution in [2.24, 2.45) is 5.41 Å². The summed E-state index contributed by atoms with van der Waals surface area (Å²) in [5, 5.41) is 12.0. The Balaban J connectivity index is 1.95. The first kappa shape index (κ1) is 13.8. The number of amides is 1. The van der Waals surface area contributed by atoms with Gasteiger partial charge in [0, 0.05) is 12.8 Å². The second-order valence-electron chi connectivity index (χ2n) is 5.40. The van der Waals surface area contributed by atoms with Gasteiger partial charge in [-0.1, -0.05) is 19.3 Å². The van der Waals surface area contributed by atoms with Gasteiger partial charge >= 0.3 is 11.9 Å². The van der Waals surface area contributed by atoms with E-state index in [0.29, 0.717) is 25.9 Å². The van der Waals surface area contributed by atoms with Gasteiger partial charge in [-0.15, -0.1) is 0 Å². The summed E-state index contributed by atoms with van der Waals surface area (Å²) in [6.45, 7) is 0.313. The van der Waals surface area contributed by atoms with E-state index in [-0.39, 0.29) is 12.3 Å². The molecule has 1 unspecified atom stereocenters. The van der Waals surface area contributed by atoms with E-state index in [2.05, 4.69) is 5.32 Å². The van der Waals surface area contributed by atoms with Gasteiger partial charge in [-0.3, -0.25) is 9.59 Å². The highest BCUT2D eigenvalue weighted by atomic mass is 16.5. The Morgan fingerprint density at radius 3 is 2.53 bits per heavy atom. The highest BCUT2D eigenvalue weighted by Gasteiger charge is 2.42. The van der Waals surface area contributed by atoms with Crippen molar-refractivity contribution < 1.29 is 24.2 Å². The fraction of sp³-hybridized carbons (Fsp3) is 0.769. The van der Waals surface area contributed by atoms with Crippen molar-refractivity contribution in [3.63, 3.8) is 0 Å². The summed E-state index contributed by atoms with van der Waals surface area (Å²) < 4.78 is 4.76. The van der Waals surface area contributed by atoms with Gasteiger partial charge in [0.25, 0.3) is 0 Å². The Hall–Kier alpha value is -1.59. The largest absolute Gasteiger partial charge is 0.481 e. The zero-order chi connectivity index (χ0) is 13.9. The number of aliphatic carboxylic acids is 1. The molecule has 1 aliphatic carbocycles. The van der Waals surface area contributed by atoms with Crippen LogP contribution in [0.3, 0.4) is 0 Å². The van der Waals surface area contributed by atoms with E-state index in [0.717, 1.165) is 19.3 Å². The second kappa shape index (κ2) is 5.59. The van der Waals surface area contributed by atoms with Crippen LogP contribution in [0.25, 0.3) is 0 Å². The molecular weight excluding hydrogens is 250 g/mol. The second-order valence-corrected chi connectivity index (χ2v) is 5.40. The quantitative estimate of drug-likeness (QED) is 0.738. The molecule has 2 aliphatic rings. The number of hydrogen-bond acceptors (Lipinski definition) is 4. The standard InChI is InChI=1S/C13H19NO5/c15-10(14-9-4-7-19-11(9)16)8-13(12(17)18)5-2-1-3-6-13/h9H,1-8H2,(H,14,15)(H,17,18). The molecule has 1 atom stereocenters. The lowest BCUT2D eigenvalue weighted by Crippen LogP contribution is -2.43. The fourth-order valence-corrected chi connectivity index (χ4v) is 2.87. The van der Waals surface area contributed by atoms with Crippen LogP contribution in [0.4, 0.5) is 0 Å². The number of nitrogens with one attached hydrogen (secondary N) is 1. The number of carboxylic acid groups (broad SMARTS) is 1. The minimum Gasteiger partial charge on any atom is -0.481 e. The summed E-state index contributed by atoms with van der Waals surface area (Å²) >= 11 is 0. The van der Waals surface area contributed by atoms with Crippen LogP contribution in [0.5, 0.6) is 0 Å². The number of esters is 1. The van der Waals surface area contributed by atoms with Crippen molar-refractivity contribution in [2.45, 2.75) is 51.0 Å². The number of carbonyl (C=O) groups excluding carboxylic acids is 2. The lowest BCUT2D eigenvalue weighted by molar-refractivity contribution is -0.154. The van der Waals surface area contributed by atoms with Crippen LogP contribution in [0, 0.1) is 5.41 Å². The van der Waals surface area contributed by atoms with Gasteiger partial charge in [-0.25, -0.2) is 4.79 Å². The molecule has 2 N–H and O–H groups in total. The zero-order valence-electron chi connectivity index (χ0n) is 10.8.